The van der Waals surface area contributed by atoms with Crippen molar-refractivity contribution in [3.05, 3.63) is 0 Å². The normalized spacial score (nSPS) is 19.3. The van der Waals surface area contributed by atoms with E-state index in [4.69, 9.17) is 0 Å². The molecule has 12 heteroatoms. The minimum Gasteiger partial charge on any atom is -0.310 e. The molecular formula is C8H7F10OP. The van der Waals surface area contributed by atoms with E-state index in [1.54, 1.807) is 0 Å². The Hall–Kier alpha value is -0.470. The van der Waals surface area contributed by atoms with Crippen LogP contribution in [0.2, 0.25) is 0 Å². The van der Waals surface area contributed by atoms with Gasteiger partial charge < -0.3 is 4.57 Å². The molecule has 0 saturated heterocycles. The van der Waals surface area contributed by atoms with E-state index in [1.165, 1.54) is 0 Å². The molecule has 0 spiro atoms. The van der Waals surface area contributed by atoms with E-state index in [1.807, 2.05) is 0 Å². The van der Waals surface area contributed by atoms with Crippen LogP contribution in [-0.2, 0) is 4.57 Å². The number of hydrogen-bond acceptors (Lipinski definition) is 1. The summed E-state index contributed by atoms with van der Waals surface area (Å²) in [4.78, 5) is 0. The van der Waals surface area contributed by atoms with Gasteiger partial charge >= 0.3 is 23.7 Å². The number of rotatable bonds is 4. The van der Waals surface area contributed by atoms with Gasteiger partial charge in [0, 0.05) is 6.16 Å². The van der Waals surface area contributed by atoms with Gasteiger partial charge in [-0.1, -0.05) is 0 Å². The van der Waals surface area contributed by atoms with Gasteiger partial charge in [-0.05, 0) is 18.8 Å². The first kappa shape index (κ1) is 17.6. The summed E-state index contributed by atoms with van der Waals surface area (Å²) >= 11 is 0. The second kappa shape index (κ2) is 4.51. The van der Waals surface area contributed by atoms with Gasteiger partial charge in [0.15, 0.2) is 0 Å². The topological polar surface area (TPSA) is 17.1 Å². The van der Waals surface area contributed by atoms with Gasteiger partial charge in [0.1, 0.15) is 0 Å². The van der Waals surface area contributed by atoms with Gasteiger partial charge in [-0.2, -0.15) is 43.9 Å². The molecule has 1 fully saturated rings. The molecule has 0 radical (unpaired) electrons. The van der Waals surface area contributed by atoms with Crippen LogP contribution in [0.25, 0.3) is 0 Å². The summed E-state index contributed by atoms with van der Waals surface area (Å²) in [5.74, 6) is -1.25. The Balaban J connectivity index is 3.41. The Morgan fingerprint density at radius 1 is 0.750 bits per heavy atom. The van der Waals surface area contributed by atoms with Crippen molar-refractivity contribution in [2.24, 2.45) is 5.92 Å². The van der Waals surface area contributed by atoms with Crippen molar-refractivity contribution in [1.29, 1.82) is 0 Å². The van der Waals surface area contributed by atoms with Crippen LogP contribution >= 0.6 is 7.14 Å². The minimum atomic E-state index is -7.28. The fraction of sp³-hybridized carbons (Fsp3) is 1.00. The fourth-order valence-electron chi connectivity index (χ4n) is 1.48. The molecule has 1 saturated carbocycles. The molecule has 1 rings (SSSR count). The highest BCUT2D eigenvalue weighted by molar-refractivity contribution is 7.66. The van der Waals surface area contributed by atoms with Crippen molar-refractivity contribution in [3.8, 4) is 0 Å². The average molecular weight is 340 g/mol. The molecule has 1 nitrogen and oxygen atoms in total. The van der Waals surface area contributed by atoms with Crippen LogP contribution < -0.4 is 0 Å². The quantitative estimate of drug-likeness (QED) is 0.516. The molecule has 0 heterocycles. The first-order valence-corrected chi connectivity index (χ1v) is 6.95. The van der Waals surface area contributed by atoms with E-state index in [2.05, 4.69) is 0 Å². The van der Waals surface area contributed by atoms with Crippen molar-refractivity contribution < 1.29 is 48.5 Å². The van der Waals surface area contributed by atoms with Crippen LogP contribution in [0.5, 0.6) is 0 Å². The van der Waals surface area contributed by atoms with E-state index >= 15 is 0 Å². The molecule has 0 unspecified atom stereocenters. The zero-order chi connectivity index (χ0) is 16.2. The Bertz CT molecular complexity index is 388. The van der Waals surface area contributed by atoms with E-state index in [-0.39, 0.29) is 12.8 Å². The largest absolute Gasteiger partial charge is 0.461 e. The van der Waals surface area contributed by atoms with E-state index < -0.39 is 42.9 Å². The van der Waals surface area contributed by atoms with Crippen LogP contribution in [0.1, 0.15) is 12.8 Å². The van der Waals surface area contributed by atoms with Gasteiger partial charge in [0.25, 0.3) is 0 Å². The molecule has 0 aromatic heterocycles. The lowest BCUT2D eigenvalue weighted by atomic mass is 10.5. The monoisotopic (exact) mass is 340 g/mol. The molecule has 0 N–H and O–H groups in total. The lowest BCUT2D eigenvalue weighted by molar-refractivity contribution is -0.266. The number of alkyl halides is 10. The molecule has 20 heavy (non-hydrogen) atoms. The molecule has 0 bridgehead atoms. The Morgan fingerprint density at radius 3 is 1.25 bits per heavy atom. The molecular weight excluding hydrogens is 333 g/mol. The molecule has 0 aliphatic heterocycles. The summed E-state index contributed by atoms with van der Waals surface area (Å²) in [6.45, 7) is 0. The Labute approximate surface area is 105 Å². The summed E-state index contributed by atoms with van der Waals surface area (Å²) in [7, 11) is -7.28. The molecule has 120 valence electrons. The van der Waals surface area contributed by atoms with E-state index in [0.717, 1.165) is 0 Å². The first-order chi connectivity index (χ1) is 8.58. The highest BCUT2D eigenvalue weighted by Crippen LogP contribution is 2.78. The summed E-state index contributed by atoms with van der Waals surface area (Å²) < 4.78 is 136. The van der Waals surface area contributed by atoms with Crippen molar-refractivity contribution in [1.82, 2.24) is 0 Å². The second-order valence-corrected chi connectivity index (χ2v) is 7.41. The third-order valence-electron chi connectivity index (χ3n) is 2.80. The standard InChI is InChI=1S/C8H7F10OP/c9-5(10,11)7(15,16)20(19,3-4-1-2-4)8(17,18)6(12,13)14/h4H,1-3H2. The van der Waals surface area contributed by atoms with Crippen molar-refractivity contribution in [2.45, 2.75) is 36.5 Å². The van der Waals surface area contributed by atoms with Crippen LogP contribution in [0.4, 0.5) is 43.9 Å². The summed E-state index contributed by atoms with van der Waals surface area (Å²) in [6.07, 6.45) is -15.7. The summed E-state index contributed by atoms with van der Waals surface area (Å²) in [5, 5.41) is 0. The van der Waals surface area contributed by atoms with Gasteiger partial charge in [0.05, 0.1) is 0 Å². The molecule has 0 amide bonds. The highest BCUT2D eigenvalue weighted by Gasteiger charge is 2.83. The predicted molar refractivity (Wildman–Crippen MR) is 47.2 cm³/mol. The number of hydrogen-bond donors (Lipinski definition) is 0. The SMILES string of the molecule is O=P(CC1CC1)(C(F)(F)C(F)(F)F)C(F)(F)C(F)(F)F. The van der Waals surface area contributed by atoms with Gasteiger partial charge in [0.2, 0.25) is 7.14 Å². The van der Waals surface area contributed by atoms with E-state index in [0.29, 0.717) is 0 Å². The van der Waals surface area contributed by atoms with Gasteiger partial charge in [-0.25, -0.2) is 0 Å². The second-order valence-electron chi connectivity index (χ2n) is 4.44. The maximum Gasteiger partial charge on any atom is 0.461 e. The molecule has 1 aliphatic carbocycles. The Kier molecular flexibility index (Phi) is 3.97. The van der Waals surface area contributed by atoms with Crippen LogP contribution in [0.15, 0.2) is 0 Å². The van der Waals surface area contributed by atoms with Crippen molar-refractivity contribution in [2.75, 3.05) is 6.16 Å². The van der Waals surface area contributed by atoms with Crippen LogP contribution in [-0.4, -0.2) is 29.8 Å². The third kappa shape index (κ3) is 2.53. The molecule has 0 aromatic rings. The smallest absolute Gasteiger partial charge is 0.310 e. The van der Waals surface area contributed by atoms with Crippen LogP contribution in [0, 0.1) is 5.92 Å². The van der Waals surface area contributed by atoms with Crippen molar-refractivity contribution in [3.63, 3.8) is 0 Å². The third-order valence-corrected chi connectivity index (χ3v) is 6.15. The first-order valence-electron chi connectivity index (χ1n) is 5.06. The zero-order valence-corrected chi connectivity index (χ0v) is 10.2. The average Bonchev–Trinajstić information content (AvgIpc) is 2.97. The molecule has 0 aromatic carbocycles. The summed E-state index contributed by atoms with van der Waals surface area (Å²) in [6, 6.07) is 0. The highest BCUT2D eigenvalue weighted by atomic mass is 31.2. The Morgan fingerprint density at radius 2 is 1.05 bits per heavy atom. The van der Waals surface area contributed by atoms with Crippen LogP contribution in [0.3, 0.4) is 0 Å². The minimum absolute atomic E-state index is 0.119. The molecule has 0 atom stereocenters. The maximum absolute atomic E-state index is 13.0. The molecule has 1 aliphatic rings. The van der Waals surface area contributed by atoms with Gasteiger partial charge in [-0.3, -0.25) is 0 Å². The number of halogens is 10. The fourth-order valence-corrected chi connectivity index (χ4v) is 4.20. The van der Waals surface area contributed by atoms with E-state index in [9.17, 15) is 48.5 Å². The van der Waals surface area contributed by atoms with Gasteiger partial charge in [-0.15, -0.1) is 0 Å². The maximum atomic E-state index is 13.0. The predicted octanol–water partition coefficient (Wildman–Crippen LogP) is 5.07. The lowest BCUT2D eigenvalue weighted by Crippen LogP contribution is -2.48. The summed E-state index contributed by atoms with van der Waals surface area (Å²) in [5.41, 5.74) is -13.2. The lowest BCUT2D eigenvalue weighted by Gasteiger charge is -2.35. The van der Waals surface area contributed by atoms with Crippen molar-refractivity contribution >= 4 is 7.14 Å². The zero-order valence-electron chi connectivity index (χ0n) is 9.33.